The van der Waals surface area contributed by atoms with Gasteiger partial charge in [0.05, 0.1) is 0 Å². The molecule has 7 heavy (non-hydrogen) atoms. The van der Waals surface area contributed by atoms with Crippen LogP contribution in [0.25, 0.3) is 0 Å². The van der Waals surface area contributed by atoms with Crippen molar-refractivity contribution in [2.24, 2.45) is 0 Å². The first-order chi connectivity index (χ1) is 2.89. The molecular weight excluding hydrogens is 121 g/mol. The van der Waals surface area contributed by atoms with Crippen LogP contribution in [0.2, 0.25) is 0 Å². The van der Waals surface area contributed by atoms with Gasteiger partial charge in [0, 0.05) is 0 Å². The summed E-state index contributed by atoms with van der Waals surface area (Å²) >= 11 is 4.55. The molecule has 0 amide bonds. The van der Waals surface area contributed by atoms with Gasteiger partial charge in [0.15, 0.2) is 0 Å². The molecule has 0 unspecified atom stereocenters. The molecule has 0 aromatic carbocycles. The molecule has 0 saturated heterocycles. The van der Waals surface area contributed by atoms with E-state index in [1.807, 2.05) is 0 Å². The van der Waals surface area contributed by atoms with Crippen LogP contribution in [0.5, 0.6) is 0 Å². The molecule has 1 aromatic rings. The SMILES string of the molecule is S=c1nc[nH][nH]1.[H-].[Na+]. The van der Waals surface area contributed by atoms with Gasteiger partial charge in [-0.25, -0.2) is 4.98 Å². The normalized spacial score (nSPS) is 7.43. The standard InChI is InChI=1S/C2H3N3S.Na.H/c6-2-3-1-4-5-2;;/h1H,(H2,3,4,5,6);;/q;+1;-1. The Hall–Kier alpha value is 0.360. The average Bonchev–Trinajstić information content (AvgIpc) is 1.86. The third kappa shape index (κ3) is 2.23. The minimum atomic E-state index is 0. The van der Waals surface area contributed by atoms with Crippen LogP contribution in [0.1, 0.15) is 1.43 Å². The fraction of sp³-hybridized carbons (Fsp3) is 0. The zero-order chi connectivity index (χ0) is 4.41. The van der Waals surface area contributed by atoms with Crippen LogP contribution in [-0.4, -0.2) is 15.2 Å². The van der Waals surface area contributed by atoms with Gasteiger partial charge in [-0.2, -0.15) is 0 Å². The first kappa shape index (κ1) is 7.36. The predicted molar refractivity (Wildman–Crippen MR) is 24.9 cm³/mol. The summed E-state index contributed by atoms with van der Waals surface area (Å²) in [6.07, 6.45) is 1.50. The Morgan fingerprint density at radius 2 is 2.57 bits per heavy atom. The van der Waals surface area contributed by atoms with E-state index in [-0.39, 0.29) is 31.0 Å². The number of rotatable bonds is 0. The molecule has 0 atom stereocenters. The van der Waals surface area contributed by atoms with Crippen molar-refractivity contribution in [1.82, 2.24) is 15.2 Å². The fourth-order valence-electron chi connectivity index (χ4n) is 0.217. The second kappa shape index (κ2) is 3.37. The molecule has 1 aromatic heterocycles. The minimum absolute atomic E-state index is 0. The quantitative estimate of drug-likeness (QED) is 0.299. The van der Waals surface area contributed by atoms with Gasteiger partial charge in [0.1, 0.15) is 6.33 Å². The maximum Gasteiger partial charge on any atom is 1.00 e. The number of nitrogens with zero attached hydrogens (tertiary/aromatic N) is 1. The van der Waals surface area contributed by atoms with Gasteiger partial charge in [0.2, 0.25) is 4.77 Å². The van der Waals surface area contributed by atoms with E-state index < -0.39 is 0 Å². The summed E-state index contributed by atoms with van der Waals surface area (Å²) in [6.45, 7) is 0. The third-order valence-electron chi connectivity index (χ3n) is 0.425. The summed E-state index contributed by atoms with van der Waals surface area (Å²) in [5.74, 6) is 0. The Bertz CT molecular complexity index is 155. The van der Waals surface area contributed by atoms with Crippen molar-refractivity contribution in [1.29, 1.82) is 0 Å². The van der Waals surface area contributed by atoms with Gasteiger partial charge in [-0.1, -0.05) is 0 Å². The molecule has 0 fully saturated rings. The maximum absolute atomic E-state index is 4.55. The van der Waals surface area contributed by atoms with Gasteiger partial charge >= 0.3 is 29.6 Å². The number of aromatic amines is 2. The predicted octanol–water partition coefficient (Wildman–Crippen LogP) is -2.42. The maximum atomic E-state index is 4.55. The molecule has 1 rings (SSSR count). The Kier molecular flexibility index (Phi) is 3.55. The Balaban J connectivity index is 0. The molecule has 0 spiro atoms. The van der Waals surface area contributed by atoms with Crippen LogP contribution in [0.4, 0.5) is 0 Å². The first-order valence-corrected chi connectivity index (χ1v) is 1.88. The van der Waals surface area contributed by atoms with Gasteiger partial charge < -0.3 is 1.43 Å². The minimum Gasteiger partial charge on any atom is -1.00 e. The molecule has 0 bridgehead atoms. The molecule has 0 aliphatic heterocycles. The van der Waals surface area contributed by atoms with E-state index in [1.54, 1.807) is 0 Å². The van der Waals surface area contributed by atoms with Crippen molar-refractivity contribution in [2.45, 2.75) is 0 Å². The van der Waals surface area contributed by atoms with Crippen LogP contribution in [0.3, 0.4) is 0 Å². The van der Waals surface area contributed by atoms with E-state index in [0.29, 0.717) is 4.77 Å². The van der Waals surface area contributed by atoms with Gasteiger partial charge in [-0.15, -0.1) is 0 Å². The van der Waals surface area contributed by atoms with E-state index in [4.69, 9.17) is 0 Å². The summed E-state index contributed by atoms with van der Waals surface area (Å²) in [5, 5.41) is 5.17. The molecule has 0 aliphatic carbocycles. The molecule has 0 radical (unpaired) electrons. The number of hydrogen-bond donors (Lipinski definition) is 2. The van der Waals surface area contributed by atoms with Crippen LogP contribution >= 0.6 is 12.2 Å². The largest absolute Gasteiger partial charge is 1.00 e. The van der Waals surface area contributed by atoms with Gasteiger partial charge in [0.25, 0.3) is 0 Å². The van der Waals surface area contributed by atoms with Crippen molar-refractivity contribution >= 4 is 12.2 Å². The first-order valence-electron chi connectivity index (χ1n) is 1.47. The third-order valence-corrected chi connectivity index (χ3v) is 0.633. The Labute approximate surface area is 69.3 Å². The summed E-state index contributed by atoms with van der Waals surface area (Å²) < 4.78 is 0.495. The van der Waals surface area contributed by atoms with Gasteiger partial charge in [-0.3, -0.25) is 10.2 Å². The number of aromatic nitrogens is 3. The van der Waals surface area contributed by atoms with Crippen molar-refractivity contribution in [2.75, 3.05) is 0 Å². The van der Waals surface area contributed by atoms with E-state index >= 15 is 0 Å². The van der Waals surface area contributed by atoms with E-state index in [9.17, 15) is 0 Å². The topological polar surface area (TPSA) is 44.5 Å². The van der Waals surface area contributed by atoms with E-state index in [2.05, 4.69) is 27.4 Å². The number of hydrogen-bond acceptors (Lipinski definition) is 2. The molecule has 3 nitrogen and oxygen atoms in total. The smallest absolute Gasteiger partial charge is 1.00 e. The summed E-state index contributed by atoms with van der Waals surface area (Å²) in [6, 6.07) is 0. The number of nitrogens with one attached hydrogen (secondary N) is 2. The molecule has 5 heteroatoms. The molecular formula is C2H4N3NaS. The van der Waals surface area contributed by atoms with Gasteiger partial charge in [-0.05, 0) is 12.2 Å². The van der Waals surface area contributed by atoms with Crippen LogP contribution in [0.15, 0.2) is 6.33 Å². The zero-order valence-corrected chi connectivity index (χ0v) is 6.75. The van der Waals surface area contributed by atoms with Crippen molar-refractivity contribution < 1.29 is 31.0 Å². The Morgan fingerprint density at radius 3 is 2.71 bits per heavy atom. The van der Waals surface area contributed by atoms with Crippen molar-refractivity contribution in [3.05, 3.63) is 11.1 Å². The Morgan fingerprint density at radius 1 is 1.86 bits per heavy atom. The molecule has 0 aliphatic rings. The van der Waals surface area contributed by atoms with E-state index in [0.717, 1.165) is 0 Å². The summed E-state index contributed by atoms with van der Waals surface area (Å²) in [4.78, 5) is 3.62. The molecule has 1 heterocycles. The van der Waals surface area contributed by atoms with Crippen molar-refractivity contribution in [3.8, 4) is 0 Å². The summed E-state index contributed by atoms with van der Waals surface area (Å²) in [7, 11) is 0. The molecule has 34 valence electrons. The van der Waals surface area contributed by atoms with E-state index in [1.165, 1.54) is 6.33 Å². The second-order valence-electron chi connectivity index (χ2n) is 0.833. The monoisotopic (exact) mass is 125 g/mol. The van der Waals surface area contributed by atoms with Crippen LogP contribution < -0.4 is 29.6 Å². The zero-order valence-electron chi connectivity index (χ0n) is 4.93. The molecule has 0 saturated carbocycles. The van der Waals surface area contributed by atoms with Crippen LogP contribution in [0, 0.1) is 4.77 Å². The second-order valence-corrected chi connectivity index (χ2v) is 1.22. The average molecular weight is 125 g/mol. The van der Waals surface area contributed by atoms with Crippen molar-refractivity contribution in [3.63, 3.8) is 0 Å². The fourth-order valence-corrected chi connectivity index (χ4v) is 0.329. The van der Waals surface area contributed by atoms with Crippen LogP contribution in [-0.2, 0) is 0 Å². The summed E-state index contributed by atoms with van der Waals surface area (Å²) in [5.41, 5.74) is 0. The molecule has 2 N–H and O–H groups in total. The number of H-pyrrole nitrogens is 2.